The lowest BCUT2D eigenvalue weighted by Crippen LogP contribution is -2.41. The maximum Gasteiger partial charge on any atom is 0.321 e. The molecule has 0 aliphatic heterocycles. The summed E-state index contributed by atoms with van der Waals surface area (Å²) in [6.45, 7) is 1.38. The van der Waals surface area contributed by atoms with Gasteiger partial charge in [-0.15, -0.1) is 0 Å². The first-order chi connectivity index (χ1) is 7.34. The quantitative estimate of drug-likeness (QED) is 0.759. The highest BCUT2D eigenvalue weighted by Crippen LogP contribution is 2.29. The Bertz CT molecular complexity index is 348. The highest BCUT2D eigenvalue weighted by Gasteiger charge is 2.29. The molecule has 1 rings (SSSR count). The number of likely N-dealkylation sites (N-methyl/N-ethyl adjacent to an activating group) is 1. The van der Waals surface area contributed by atoms with Crippen LogP contribution in [-0.2, 0) is 14.8 Å². The van der Waals surface area contributed by atoms with Crippen LogP contribution in [0.5, 0.6) is 0 Å². The Labute approximate surface area is 96.5 Å². The molecule has 16 heavy (non-hydrogen) atoms. The molecule has 1 fully saturated rings. The molecule has 1 atom stereocenters. The van der Waals surface area contributed by atoms with Gasteiger partial charge in [0.05, 0.1) is 5.75 Å². The third-order valence-electron chi connectivity index (χ3n) is 3.35. The van der Waals surface area contributed by atoms with E-state index in [1.165, 1.54) is 20.4 Å². The Morgan fingerprint density at radius 1 is 1.50 bits per heavy atom. The molecule has 6 heteroatoms. The third kappa shape index (κ3) is 3.18. The summed E-state index contributed by atoms with van der Waals surface area (Å²) in [4.78, 5) is 10.7. The number of carbonyl (C=O) groups is 1. The van der Waals surface area contributed by atoms with E-state index >= 15 is 0 Å². The molecule has 0 heterocycles. The largest absolute Gasteiger partial charge is 0.480 e. The summed E-state index contributed by atoms with van der Waals surface area (Å²) in [5.74, 6) is -0.538. The number of carboxylic acids is 1. The molecule has 0 aromatic heterocycles. The van der Waals surface area contributed by atoms with Crippen LogP contribution in [0.3, 0.4) is 0 Å². The second kappa shape index (κ2) is 5.14. The molecular weight excluding hydrogens is 230 g/mol. The first kappa shape index (κ1) is 13.4. The van der Waals surface area contributed by atoms with E-state index in [4.69, 9.17) is 5.11 Å². The Morgan fingerprint density at radius 2 is 2.06 bits per heavy atom. The van der Waals surface area contributed by atoms with Crippen LogP contribution in [0.1, 0.15) is 32.6 Å². The molecule has 0 amide bonds. The second-order valence-electron chi connectivity index (χ2n) is 4.43. The molecule has 0 saturated heterocycles. The van der Waals surface area contributed by atoms with E-state index in [0.29, 0.717) is 12.3 Å². The van der Waals surface area contributed by atoms with Gasteiger partial charge in [0.25, 0.3) is 0 Å². The van der Waals surface area contributed by atoms with Gasteiger partial charge >= 0.3 is 5.97 Å². The number of aliphatic carboxylic acids is 1. The fourth-order valence-electron chi connectivity index (χ4n) is 1.64. The van der Waals surface area contributed by atoms with Crippen molar-refractivity contribution in [3.05, 3.63) is 0 Å². The van der Waals surface area contributed by atoms with Gasteiger partial charge in [0.1, 0.15) is 6.04 Å². The molecule has 1 aliphatic carbocycles. The lowest BCUT2D eigenvalue weighted by Gasteiger charge is -2.27. The first-order valence-corrected chi connectivity index (χ1v) is 7.14. The molecule has 1 unspecified atom stereocenters. The summed E-state index contributed by atoms with van der Waals surface area (Å²) in [6.07, 6.45) is 4.05. The molecule has 1 N–H and O–H groups in total. The normalized spacial score (nSPS) is 19.4. The number of hydrogen-bond donors (Lipinski definition) is 1. The monoisotopic (exact) mass is 249 g/mol. The van der Waals surface area contributed by atoms with Crippen LogP contribution >= 0.6 is 0 Å². The molecule has 0 spiro atoms. The van der Waals surface area contributed by atoms with E-state index in [-0.39, 0.29) is 5.75 Å². The van der Waals surface area contributed by atoms with Crippen molar-refractivity contribution in [2.24, 2.45) is 5.92 Å². The van der Waals surface area contributed by atoms with Crippen LogP contribution in [0.25, 0.3) is 0 Å². The maximum atomic E-state index is 11.8. The van der Waals surface area contributed by atoms with Crippen molar-refractivity contribution in [1.29, 1.82) is 0 Å². The minimum atomic E-state index is -3.42. The van der Waals surface area contributed by atoms with E-state index in [1.54, 1.807) is 0 Å². The predicted molar refractivity (Wildman–Crippen MR) is 60.6 cm³/mol. The van der Waals surface area contributed by atoms with Crippen LogP contribution in [-0.4, -0.2) is 42.6 Å². The number of hydrogen-bond acceptors (Lipinski definition) is 3. The molecule has 0 aromatic rings. The summed E-state index contributed by atoms with van der Waals surface area (Å²) < 4.78 is 24.5. The van der Waals surface area contributed by atoms with E-state index < -0.39 is 22.0 Å². The molecule has 1 aliphatic rings. The summed E-state index contributed by atoms with van der Waals surface area (Å²) in [5.41, 5.74) is 0. The van der Waals surface area contributed by atoms with Crippen molar-refractivity contribution < 1.29 is 18.3 Å². The average Bonchev–Trinajstić information content (AvgIpc) is 2.12. The van der Waals surface area contributed by atoms with E-state index in [9.17, 15) is 13.2 Å². The third-order valence-corrected chi connectivity index (χ3v) is 5.30. The van der Waals surface area contributed by atoms with Gasteiger partial charge in [0.15, 0.2) is 0 Å². The minimum absolute atomic E-state index is 0.0613. The second-order valence-corrected chi connectivity index (χ2v) is 6.58. The van der Waals surface area contributed by atoms with Crippen LogP contribution in [0.4, 0.5) is 0 Å². The highest BCUT2D eigenvalue weighted by molar-refractivity contribution is 7.89. The SMILES string of the molecule is CC(C(=O)O)N(C)S(=O)(=O)CCC1CCC1. The molecule has 1 saturated carbocycles. The van der Waals surface area contributed by atoms with E-state index in [2.05, 4.69) is 0 Å². The zero-order valence-corrected chi connectivity index (χ0v) is 10.5. The molecule has 0 radical (unpaired) electrons. The Morgan fingerprint density at radius 3 is 2.44 bits per heavy atom. The van der Waals surface area contributed by atoms with Gasteiger partial charge < -0.3 is 5.11 Å². The summed E-state index contributed by atoms with van der Waals surface area (Å²) in [7, 11) is -2.10. The van der Waals surface area contributed by atoms with Crippen LogP contribution < -0.4 is 0 Å². The fourth-order valence-corrected chi connectivity index (χ4v) is 3.13. The Kier molecular flexibility index (Phi) is 4.32. The Balaban J connectivity index is 2.51. The van der Waals surface area contributed by atoms with E-state index in [1.807, 2.05) is 0 Å². The number of rotatable bonds is 6. The van der Waals surface area contributed by atoms with Gasteiger partial charge in [-0.1, -0.05) is 19.3 Å². The van der Waals surface area contributed by atoms with Gasteiger partial charge in [0.2, 0.25) is 10.0 Å². The number of carboxylic acid groups (broad SMARTS) is 1. The molecule has 94 valence electrons. The van der Waals surface area contributed by atoms with Crippen molar-refractivity contribution in [3.8, 4) is 0 Å². The zero-order chi connectivity index (χ0) is 12.3. The van der Waals surface area contributed by atoms with E-state index in [0.717, 1.165) is 17.1 Å². The van der Waals surface area contributed by atoms with Crippen LogP contribution in [0.15, 0.2) is 0 Å². The van der Waals surface area contributed by atoms with Gasteiger partial charge in [-0.2, -0.15) is 4.31 Å². The lowest BCUT2D eigenvalue weighted by molar-refractivity contribution is -0.140. The standard InChI is InChI=1S/C10H19NO4S/c1-8(10(12)13)11(2)16(14,15)7-6-9-4-3-5-9/h8-9H,3-7H2,1-2H3,(H,12,13). The lowest BCUT2D eigenvalue weighted by atomic mass is 9.84. The van der Waals surface area contributed by atoms with Gasteiger partial charge in [-0.05, 0) is 19.3 Å². The van der Waals surface area contributed by atoms with Gasteiger partial charge in [-0.25, -0.2) is 8.42 Å². The van der Waals surface area contributed by atoms with Crippen molar-refractivity contribution in [2.45, 2.75) is 38.6 Å². The number of nitrogens with zero attached hydrogens (tertiary/aromatic N) is 1. The Hall–Kier alpha value is -0.620. The van der Waals surface area contributed by atoms with Crippen molar-refractivity contribution in [3.63, 3.8) is 0 Å². The topological polar surface area (TPSA) is 74.7 Å². The summed E-state index contributed by atoms with van der Waals surface area (Å²) >= 11 is 0. The van der Waals surface area contributed by atoms with Gasteiger partial charge in [-0.3, -0.25) is 4.79 Å². The smallest absolute Gasteiger partial charge is 0.321 e. The summed E-state index contributed by atoms with van der Waals surface area (Å²) in [6, 6.07) is -0.994. The molecular formula is C10H19NO4S. The van der Waals surface area contributed by atoms with Crippen LogP contribution in [0, 0.1) is 5.92 Å². The molecule has 0 bridgehead atoms. The predicted octanol–water partition coefficient (Wildman–Crippen LogP) is 0.911. The van der Waals surface area contributed by atoms with Crippen molar-refractivity contribution in [2.75, 3.05) is 12.8 Å². The highest BCUT2D eigenvalue weighted by atomic mass is 32.2. The molecule has 0 aromatic carbocycles. The average molecular weight is 249 g/mol. The fraction of sp³-hybridized carbons (Fsp3) is 0.900. The first-order valence-electron chi connectivity index (χ1n) is 5.53. The van der Waals surface area contributed by atoms with Crippen molar-refractivity contribution in [1.82, 2.24) is 4.31 Å². The van der Waals surface area contributed by atoms with Crippen molar-refractivity contribution >= 4 is 16.0 Å². The number of sulfonamides is 1. The zero-order valence-electron chi connectivity index (χ0n) is 9.72. The van der Waals surface area contributed by atoms with Gasteiger partial charge in [0, 0.05) is 7.05 Å². The maximum absolute atomic E-state index is 11.8. The minimum Gasteiger partial charge on any atom is -0.480 e. The summed E-state index contributed by atoms with van der Waals surface area (Å²) in [5, 5.41) is 8.74. The molecule has 5 nitrogen and oxygen atoms in total. The van der Waals surface area contributed by atoms with Crippen LogP contribution in [0.2, 0.25) is 0 Å².